The Balaban J connectivity index is 1.77. The average Bonchev–Trinajstić information content (AvgIpc) is 2.57. The number of aromatic nitrogens is 2. The Morgan fingerprint density at radius 2 is 2.00 bits per heavy atom. The number of rotatable bonds is 3. The summed E-state index contributed by atoms with van der Waals surface area (Å²) in [5, 5.41) is 17.7. The molecule has 0 amide bonds. The highest BCUT2D eigenvalue weighted by molar-refractivity contribution is 5.57. The molecule has 1 aromatic heterocycles. The molecule has 3 rings (SSSR count). The lowest BCUT2D eigenvalue weighted by molar-refractivity contribution is 0.0959. The van der Waals surface area contributed by atoms with E-state index in [2.05, 4.69) is 16.3 Å². The molecule has 0 saturated carbocycles. The van der Waals surface area contributed by atoms with Gasteiger partial charge in [-0.2, -0.15) is 10.4 Å². The number of hydrogen-bond acceptors (Lipinski definition) is 6. The summed E-state index contributed by atoms with van der Waals surface area (Å²) in [6.07, 6.45) is -0.134. The van der Waals surface area contributed by atoms with E-state index in [9.17, 15) is 5.26 Å². The van der Waals surface area contributed by atoms with Crippen molar-refractivity contribution in [2.75, 3.05) is 25.1 Å². The molecule has 23 heavy (non-hydrogen) atoms. The molecule has 0 N–H and O–H groups in total. The van der Waals surface area contributed by atoms with E-state index in [1.807, 2.05) is 50.1 Å². The fourth-order valence-corrected chi connectivity index (χ4v) is 2.54. The minimum Gasteiger partial charge on any atom is -0.486 e. The molecular formula is C17H18N4O2. The first kappa shape index (κ1) is 15.1. The number of ether oxygens (including phenoxy) is 2. The van der Waals surface area contributed by atoms with Crippen LogP contribution in [0.15, 0.2) is 24.3 Å². The zero-order valence-electron chi connectivity index (χ0n) is 13.4. The number of para-hydroxylation sites is 2. The van der Waals surface area contributed by atoms with Gasteiger partial charge in [-0.25, -0.2) is 0 Å². The molecule has 0 spiro atoms. The summed E-state index contributed by atoms with van der Waals surface area (Å²) in [5.74, 6) is 2.07. The van der Waals surface area contributed by atoms with Crippen LogP contribution in [0.25, 0.3) is 0 Å². The van der Waals surface area contributed by atoms with Crippen molar-refractivity contribution >= 4 is 5.82 Å². The van der Waals surface area contributed by atoms with Crippen molar-refractivity contribution in [3.63, 3.8) is 0 Å². The Morgan fingerprint density at radius 3 is 2.74 bits per heavy atom. The molecule has 118 valence electrons. The van der Waals surface area contributed by atoms with Crippen LogP contribution >= 0.6 is 0 Å². The van der Waals surface area contributed by atoms with Crippen LogP contribution in [-0.2, 0) is 0 Å². The van der Waals surface area contributed by atoms with E-state index in [0.717, 1.165) is 22.8 Å². The third-order valence-corrected chi connectivity index (χ3v) is 3.95. The highest BCUT2D eigenvalue weighted by Crippen LogP contribution is 2.31. The van der Waals surface area contributed by atoms with Crippen LogP contribution < -0.4 is 14.4 Å². The maximum absolute atomic E-state index is 9.41. The molecule has 1 aliphatic rings. The minimum atomic E-state index is -0.134. The first-order valence-electron chi connectivity index (χ1n) is 7.43. The van der Waals surface area contributed by atoms with E-state index in [1.54, 1.807) is 0 Å². The van der Waals surface area contributed by atoms with E-state index < -0.39 is 0 Å². The highest BCUT2D eigenvalue weighted by atomic mass is 16.6. The Bertz CT molecular complexity index is 770. The predicted octanol–water partition coefficient (Wildman–Crippen LogP) is 2.24. The van der Waals surface area contributed by atoms with Crippen LogP contribution in [0.4, 0.5) is 5.82 Å². The Kier molecular flexibility index (Phi) is 4.02. The molecule has 2 heterocycles. The fourth-order valence-electron chi connectivity index (χ4n) is 2.54. The number of benzene rings is 1. The van der Waals surface area contributed by atoms with Crippen LogP contribution in [0.1, 0.15) is 16.8 Å². The number of fused-ring (bicyclic) bond motifs is 1. The SMILES string of the molecule is Cc1nnc(N(C)CC2COc3ccccc3O2)c(C#N)c1C. The quantitative estimate of drug-likeness (QED) is 0.866. The van der Waals surface area contributed by atoms with E-state index >= 15 is 0 Å². The molecular weight excluding hydrogens is 292 g/mol. The van der Waals surface area contributed by atoms with E-state index in [4.69, 9.17) is 9.47 Å². The van der Waals surface area contributed by atoms with Crippen LogP contribution in [0, 0.1) is 25.2 Å². The number of hydrogen-bond donors (Lipinski definition) is 0. The van der Waals surface area contributed by atoms with Crippen LogP contribution in [-0.4, -0.2) is 36.5 Å². The van der Waals surface area contributed by atoms with E-state index in [1.165, 1.54) is 0 Å². The van der Waals surface area contributed by atoms with Crippen LogP contribution in [0.3, 0.4) is 0 Å². The van der Waals surface area contributed by atoms with E-state index in [0.29, 0.717) is 24.5 Å². The van der Waals surface area contributed by atoms with Gasteiger partial charge in [0.05, 0.1) is 12.2 Å². The molecule has 0 bridgehead atoms. The van der Waals surface area contributed by atoms with Crippen LogP contribution in [0.2, 0.25) is 0 Å². The molecule has 1 aromatic carbocycles. The first-order chi connectivity index (χ1) is 11.1. The summed E-state index contributed by atoms with van der Waals surface area (Å²) in [7, 11) is 1.88. The topological polar surface area (TPSA) is 71.3 Å². The van der Waals surface area contributed by atoms with Gasteiger partial charge in [-0.1, -0.05) is 12.1 Å². The lowest BCUT2D eigenvalue weighted by atomic mass is 10.1. The second kappa shape index (κ2) is 6.13. The lowest BCUT2D eigenvalue weighted by Crippen LogP contribution is -2.40. The van der Waals surface area contributed by atoms with Gasteiger partial charge in [-0.3, -0.25) is 0 Å². The van der Waals surface area contributed by atoms with Gasteiger partial charge in [0, 0.05) is 7.05 Å². The summed E-state index contributed by atoms with van der Waals surface area (Å²) in [6.45, 7) is 4.75. The second-order valence-corrected chi connectivity index (χ2v) is 5.60. The molecule has 2 aromatic rings. The number of likely N-dealkylation sites (N-methyl/N-ethyl adjacent to an activating group) is 1. The van der Waals surface area contributed by atoms with E-state index in [-0.39, 0.29) is 6.10 Å². The van der Waals surface area contributed by atoms with Gasteiger partial charge in [-0.15, -0.1) is 5.10 Å². The maximum Gasteiger partial charge on any atom is 0.169 e. The van der Waals surface area contributed by atoms with Crippen molar-refractivity contribution in [2.45, 2.75) is 20.0 Å². The van der Waals surface area contributed by atoms with Gasteiger partial charge in [0.2, 0.25) is 0 Å². The smallest absolute Gasteiger partial charge is 0.169 e. The summed E-state index contributed by atoms with van der Waals surface area (Å²) < 4.78 is 11.7. The van der Waals surface area contributed by atoms with Gasteiger partial charge >= 0.3 is 0 Å². The minimum absolute atomic E-state index is 0.134. The number of aryl methyl sites for hydroxylation is 1. The largest absolute Gasteiger partial charge is 0.486 e. The van der Waals surface area contributed by atoms with Gasteiger partial charge in [0.15, 0.2) is 23.4 Å². The summed E-state index contributed by atoms with van der Waals surface area (Å²) in [6, 6.07) is 9.82. The van der Waals surface area contributed by atoms with Gasteiger partial charge in [-0.05, 0) is 31.5 Å². The predicted molar refractivity (Wildman–Crippen MR) is 85.8 cm³/mol. The maximum atomic E-state index is 9.41. The number of nitriles is 1. The molecule has 0 radical (unpaired) electrons. The van der Waals surface area contributed by atoms with Crippen LogP contribution in [0.5, 0.6) is 11.5 Å². The Labute approximate surface area is 135 Å². The Hall–Kier alpha value is -2.81. The molecule has 0 saturated heterocycles. The third kappa shape index (κ3) is 2.90. The second-order valence-electron chi connectivity index (χ2n) is 5.60. The third-order valence-electron chi connectivity index (χ3n) is 3.95. The van der Waals surface area contributed by atoms with Crippen molar-refractivity contribution < 1.29 is 9.47 Å². The van der Waals surface area contributed by atoms with Crippen molar-refractivity contribution in [2.24, 2.45) is 0 Å². The van der Waals surface area contributed by atoms with Gasteiger partial charge in [0.25, 0.3) is 0 Å². The number of anilines is 1. The summed E-state index contributed by atoms with van der Waals surface area (Å²) in [5.41, 5.74) is 2.18. The van der Waals surface area contributed by atoms with Crippen molar-refractivity contribution in [1.82, 2.24) is 10.2 Å². The molecule has 0 aliphatic carbocycles. The fraction of sp³-hybridized carbons (Fsp3) is 0.353. The van der Waals surface area contributed by atoms with Crippen molar-refractivity contribution in [3.05, 3.63) is 41.1 Å². The lowest BCUT2D eigenvalue weighted by Gasteiger charge is -2.30. The number of nitrogens with zero attached hydrogens (tertiary/aromatic N) is 4. The van der Waals surface area contributed by atoms with Crippen molar-refractivity contribution in [3.8, 4) is 17.6 Å². The Morgan fingerprint density at radius 1 is 1.26 bits per heavy atom. The summed E-state index contributed by atoms with van der Waals surface area (Å²) >= 11 is 0. The highest BCUT2D eigenvalue weighted by Gasteiger charge is 2.24. The molecule has 1 aliphatic heterocycles. The molecule has 0 fully saturated rings. The molecule has 1 unspecified atom stereocenters. The zero-order chi connectivity index (χ0) is 16.4. The average molecular weight is 310 g/mol. The molecule has 6 nitrogen and oxygen atoms in total. The van der Waals surface area contributed by atoms with Gasteiger partial charge in [0.1, 0.15) is 18.2 Å². The standard InChI is InChI=1S/C17H18N4O2/c1-11-12(2)19-20-17(14(11)8-18)21(3)9-13-10-22-15-6-4-5-7-16(15)23-13/h4-7,13H,9-10H2,1-3H3. The molecule has 6 heteroatoms. The normalized spacial score (nSPS) is 15.8. The zero-order valence-corrected chi connectivity index (χ0v) is 13.4. The first-order valence-corrected chi connectivity index (χ1v) is 7.43. The van der Waals surface area contributed by atoms with Gasteiger partial charge < -0.3 is 14.4 Å². The monoisotopic (exact) mass is 310 g/mol. The summed E-state index contributed by atoms with van der Waals surface area (Å²) in [4.78, 5) is 1.89. The van der Waals surface area contributed by atoms with Crippen molar-refractivity contribution in [1.29, 1.82) is 5.26 Å². The molecule has 1 atom stereocenters.